The summed E-state index contributed by atoms with van der Waals surface area (Å²) >= 11 is 0. The minimum absolute atomic E-state index is 0. The maximum absolute atomic E-state index is 10.9. The van der Waals surface area contributed by atoms with Gasteiger partial charge in [-0.15, -0.1) is 0 Å². The van der Waals surface area contributed by atoms with E-state index in [4.69, 9.17) is 9.29 Å². The molecule has 26 heavy (non-hydrogen) atoms. The number of ether oxygens (including phenoxy) is 1. The fourth-order valence-corrected chi connectivity index (χ4v) is 8.00. The van der Waals surface area contributed by atoms with Gasteiger partial charge in [0.05, 0.1) is 6.61 Å². The highest BCUT2D eigenvalue weighted by molar-refractivity contribution is 7.85. The molecule has 6 heteroatoms. The van der Waals surface area contributed by atoms with Crippen LogP contribution in [0.5, 0.6) is 0 Å². The van der Waals surface area contributed by atoms with Crippen molar-refractivity contribution in [1.29, 1.82) is 0 Å². The molecule has 4 aliphatic carbocycles. The molecule has 4 aliphatic rings. The van der Waals surface area contributed by atoms with Gasteiger partial charge in [-0.05, 0) is 84.9 Å². The molecular weight excluding hydrogens is 352 g/mol. The van der Waals surface area contributed by atoms with Crippen molar-refractivity contribution >= 4 is 10.1 Å². The van der Waals surface area contributed by atoms with E-state index in [1.165, 1.54) is 19.3 Å². The molecule has 0 aromatic carbocycles. The third kappa shape index (κ3) is 3.36. The molecule has 0 radical (unpaired) electrons. The first-order valence-corrected chi connectivity index (χ1v) is 11.5. The van der Waals surface area contributed by atoms with Crippen LogP contribution < -0.4 is 0 Å². The number of fused-ring (bicyclic) bond motifs is 4. The molecular formula is C20H36O5S. The average molecular weight is 389 g/mol. The summed E-state index contributed by atoms with van der Waals surface area (Å²) < 4.78 is 36.0. The second kappa shape index (κ2) is 7.34. The molecule has 4 fully saturated rings. The Morgan fingerprint density at radius 2 is 1.58 bits per heavy atom. The minimum atomic E-state index is -4.04. The zero-order chi connectivity index (χ0) is 17.9. The highest BCUT2D eigenvalue weighted by atomic mass is 32.2. The summed E-state index contributed by atoms with van der Waals surface area (Å²) in [6.45, 7) is 5.63. The molecule has 4 saturated carbocycles. The first-order valence-electron chi connectivity index (χ1n) is 9.94. The molecule has 6 unspecified atom stereocenters. The Labute approximate surface area is 158 Å². The van der Waals surface area contributed by atoms with Crippen LogP contribution in [0.1, 0.15) is 47.0 Å². The maximum atomic E-state index is 10.9. The lowest BCUT2D eigenvalue weighted by atomic mass is 9.61. The molecule has 4 rings (SSSR count). The third-order valence-electron chi connectivity index (χ3n) is 8.49. The Morgan fingerprint density at radius 1 is 0.923 bits per heavy atom. The summed E-state index contributed by atoms with van der Waals surface area (Å²) in [5, 5.41) is 9.63. The number of aliphatic hydroxyl groups is 1. The highest BCUT2D eigenvalue weighted by Gasteiger charge is 2.60. The Kier molecular flexibility index (Phi) is 5.80. The Bertz CT molecular complexity index is 601. The molecule has 0 amide bonds. The van der Waals surface area contributed by atoms with E-state index in [2.05, 4.69) is 13.8 Å². The normalized spacial score (nSPS) is 49.5. The van der Waals surface area contributed by atoms with Crippen molar-refractivity contribution < 1.29 is 22.8 Å². The number of aliphatic hydroxyl groups excluding tert-OH is 1. The fraction of sp³-hybridized carbons (Fsp3) is 1.00. The van der Waals surface area contributed by atoms with E-state index in [0.29, 0.717) is 42.8 Å². The van der Waals surface area contributed by atoms with Crippen LogP contribution in [0.2, 0.25) is 0 Å². The van der Waals surface area contributed by atoms with Crippen LogP contribution >= 0.6 is 0 Å². The summed E-state index contributed by atoms with van der Waals surface area (Å²) in [5.74, 6) is 6.16. The number of hydrogen-bond donors (Lipinski definition) is 2. The molecule has 5 nitrogen and oxygen atoms in total. The van der Waals surface area contributed by atoms with Gasteiger partial charge in [0.1, 0.15) is 0 Å². The van der Waals surface area contributed by atoms with Crippen LogP contribution in [-0.2, 0) is 14.9 Å². The standard InChI is InChI=1S/C19H32O5S.CH4/c1-10-12-3-15(8-24-9-25(21,22)23)17(5-12)19(10)18-11(2)16-6-13(18)4-14(16)7-20;/h10-20H,3-9H2,1-2H3,(H,21,22,23);1H4/t10?,11?,12-,13+,14?,15?,16-,17-,18?,19?;/m0./s1. The van der Waals surface area contributed by atoms with Crippen LogP contribution in [0.15, 0.2) is 0 Å². The van der Waals surface area contributed by atoms with Crippen LogP contribution in [0.25, 0.3) is 0 Å². The highest BCUT2D eigenvalue weighted by Crippen LogP contribution is 2.65. The van der Waals surface area contributed by atoms with Crippen molar-refractivity contribution in [3.63, 3.8) is 0 Å². The number of rotatable bonds is 6. The summed E-state index contributed by atoms with van der Waals surface area (Å²) in [5.41, 5.74) is 0. The topological polar surface area (TPSA) is 83.8 Å². The second-order valence-electron chi connectivity index (χ2n) is 9.44. The first kappa shape index (κ1) is 20.6. The average Bonchev–Trinajstić information content (AvgIpc) is 3.25. The first-order chi connectivity index (χ1) is 11.8. The molecule has 0 spiro atoms. The van der Waals surface area contributed by atoms with Crippen LogP contribution in [0.4, 0.5) is 0 Å². The van der Waals surface area contributed by atoms with Gasteiger partial charge in [0.15, 0.2) is 5.94 Å². The van der Waals surface area contributed by atoms with Gasteiger partial charge in [0.2, 0.25) is 0 Å². The van der Waals surface area contributed by atoms with E-state index >= 15 is 0 Å². The van der Waals surface area contributed by atoms with Crippen molar-refractivity contribution in [3.8, 4) is 0 Å². The van der Waals surface area contributed by atoms with Gasteiger partial charge in [-0.25, -0.2) is 0 Å². The molecule has 10 atom stereocenters. The zero-order valence-electron chi connectivity index (χ0n) is 15.3. The molecule has 4 bridgehead atoms. The van der Waals surface area contributed by atoms with Gasteiger partial charge < -0.3 is 9.84 Å². The predicted octanol–water partition coefficient (Wildman–Crippen LogP) is 3.29. The summed E-state index contributed by atoms with van der Waals surface area (Å²) in [6, 6.07) is 0. The Morgan fingerprint density at radius 3 is 2.15 bits per heavy atom. The Balaban J connectivity index is 0.00000196. The van der Waals surface area contributed by atoms with Gasteiger partial charge in [0.25, 0.3) is 10.1 Å². The Hall–Kier alpha value is -0.170. The van der Waals surface area contributed by atoms with Gasteiger partial charge in [0, 0.05) is 6.61 Å². The largest absolute Gasteiger partial charge is 0.396 e. The van der Waals surface area contributed by atoms with Crippen molar-refractivity contribution in [2.45, 2.75) is 47.0 Å². The lowest BCUT2D eigenvalue weighted by Gasteiger charge is -2.44. The molecule has 152 valence electrons. The summed E-state index contributed by atoms with van der Waals surface area (Å²) in [6.07, 6.45) is 4.89. The van der Waals surface area contributed by atoms with E-state index in [-0.39, 0.29) is 7.43 Å². The molecule has 0 saturated heterocycles. The fourth-order valence-electron chi connectivity index (χ4n) is 7.69. The number of hydrogen-bond acceptors (Lipinski definition) is 4. The van der Waals surface area contributed by atoms with Gasteiger partial charge in [-0.1, -0.05) is 21.3 Å². The van der Waals surface area contributed by atoms with Crippen LogP contribution in [0.3, 0.4) is 0 Å². The molecule has 2 N–H and O–H groups in total. The van der Waals surface area contributed by atoms with Crippen molar-refractivity contribution in [3.05, 3.63) is 0 Å². The van der Waals surface area contributed by atoms with Crippen molar-refractivity contribution in [2.24, 2.45) is 59.2 Å². The van der Waals surface area contributed by atoms with E-state index in [9.17, 15) is 13.5 Å². The molecule has 0 heterocycles. The predicted molar refractivity (Wildman–Crippen MR) is 101 cm³/mol. The van der Waals surface area contributed by atoms with Gasteiger partial charge >= 0.3 is 0 Å². The molecule has 0 aromatic rings. The summed E-state index contributed by atoms with van der Waals surface area (Å²) in [7, 11) is -4.04. The van der Waals surface area contributed by atoms with E-state index in [0.717, 1.165) is 36.0 Å². The van der Waals surface area contributed by atoms with Gasteiger partial charge in [-0.3, -0.25) is 4.55 Å². The lowest BCUT2D eigenvalue weighted by molar-refractivity contribution is 0.00455. The monoisotopic (exact) mass is 388 g/mol. The zero-order valence-corrected chi connectivity index (χ0v) is 16.1. The summed E-state index contributed by atoms with van der Waals surface area (Å²) in [4.78, 5) is 0. The van der Waals surface area contributed by atoms with E-state index in [1.54, 1.807) is 0 Å². The van der Waals surface area contributed by atoms with E-state index < -0.39 is 16.1 Å². The van der Waals surface area contributed by atoms with Gasteiger partial charge in [-0.2, -0.15) is 8.42 Å². The SMILES string of the molecule is C.CC1C(C2C(C)[C@@H]3C[C@H]2CC3CO)[C@H]2C[C@@H]1CC2COCS(=O)(=O)O. The smallest absolute Gasteiger partial charge is 0.289 e. The molecule has 0 aliphatic heterocycles. The van der Waals surface area contributed by atoms with Crippen LogP contribution in [0, 0.1) is 59.2 Å². The quantitative estimate of drug-likeness (QED) is 0.682. The second-order valence-corrected chi connectivity index (χ2v) is 10.8. The van der Waals surface area contributed by atoms with Crippen molar-refractivity contribution in [1.82, 2.24) is 0 Å². The minimum Gasteiger partial charge on any atom is -0.396 e. The lowest BCUT2D eigenvalue weighted by Crippen LogP contribution is -2.40. The molecule has 0 aromatic heterocycles. The van der Waals surface area contributed by atoms with E-state index in [1.807, 2.05) is 0 Å². The van der Waals surface area contributed by atoms with Crippen LogP contribution in [-0.4, -0.2) is 37.2 Å². The maximum Gasteiger partial charge on any atom is 0.289 e. The van der Waals surface area contributed by atoms with Crippen molar-refractivity contribution in [2.75, 3.05) is 19.2 Å². The third-order valence-corrected chi connectivity index (χ3v) is 8.95.